The number of nitrogens with one attached hydrogen (secondary N) is 2. The number of urea groups is 1. The zero-order valence-corrected chi connectivity index (χ0v) is 16.2. The molecular weight excluding hydrogens is 340 g/mol. The highest BCUT2D eigenvalue weighted by molar-refractivity contribution is 8.00. The smallest absolute Gasteiger partial charge is 0.321 e. The number of rotatable bonds is 4. The predicted octanol–water partition coefficient (Wildman–Crippen LogP) is 1.93. The van der Waals surface area contributed by atoms with Crippen LogP contribution in [0.2, 0.25) is 0 Å². The summed E-state index contributed by atoms with van der Waals surface area (Å²) in [4.78, 5) is 24.2. The van der Waals surface area contributed by atoms with Crippen molar-refractivity contribution in [1.29, 1.82) is 0 Å². The number of nitrogen functional groups attached to an aromatic ring is 1. The Morgan fingerprint density at radius 2 is 1.88 bits per heavy atom. The quantitative estimate of drug-likeness (QED) is 0.552. The van der Waals surface area contributed by atoms with E-state index < -0.39 is 11.3 Å². The first-order valence-electron chi connectivity index (χ1n) is 8.67. The highest BCUT2D eigenvalue weighted by atomic mass is 32.2. The van der Waals surface area contributed by atoms with Crippen LogP contribution in [0.15, 0.2) is 5.16 Å². The van der Waals surface area contributed by atoms with Gasteiger partial charge in [0.25, 0.3) is 0 Å². The highest BCUT2D eigenvalue weighted by Gasteiger charge is 2.26. The first-order valence-corrected chi connectivity index (χ1v) is 9.55. The number of nitrogens with two attached hydrogens (primary N) is 1. The lowest BCUT2D eigenvalue weighted by atomic mass is 9.96. The van der Waals surface area contributed by atoms with E-state index >= 15 is 0 Å². The van der Waals surface area contributed by atoms with Gasteiger partial charge in [-0.2, -0.15) is 0 Å². The summed E-state index contributed by atoms with van der Waals surface area (Å²) in [5.74, 6) is 6.28. The highest BCUT2D eigenvalue weighted by Crippen LogP contribution is 2.25. The Kier molecular flexibility index (Phi) is 6.31. The maximum absolute atomic E-state index is 12.2. The molecule has 1 fully saturated rings. The topological polar surface area (TPSA) is 115 Å². The number of imide groups is 1. The van der Waals surface area contributed by atoms with Gasteiger partial charge in [0.05, 0.1) is 5.25 Å². The molecule has 9 heteroatoms. The summed E-state index contributed by atoms with van der Waals surface area (Å²) in [6.07, 6.45) is 5.39. The van der Waals surface area contributed by atoms with Crippen LogP contribution in [0.5, 0.6) is 0 Å². The molecule has 1 aromatic heterocycles. The van der Waals surface area contributed by atoms with Gasteiger partial charge in [-0.15, -0.1) is 10.2 Å². The van der Waals surface area contributed by atoms with Crippen molar-refractivity contribution < 1.29 is 9.59 Å². The van der Waals surface area contributed by atoms with E-state index in [2.05, 4.69) is 20.8 Å². The molecule has 1 atom stereocenters. The number of nitrogens with zero attached hydrogens (tertiary/aromatic N) is 3. The maximum atomic E-state index is 12.2. The van der Waals surface area contributed by atoms with E-state index in [4.69, 9.17) is 5.84 Å². The summed E-state index contributed by atoms with van der Waals surface area (Å²) in [6.45, 7) is 7.67. The summed E-state index contributed by atoms with van der Waals surface area (Å²) in [7, 11) is 0. The molecular formula is C16H28N6O2S. The predicted molar refractivity (Wildman–Crippen MR) is 97.7 cm³/mol. The molecule has 1 saturated carbocycles. The van der Waals surface area contributed by atoms with E-state index in [9.17, 15) is 9.59 Å². The van der Waals surface area contributed by atoms with Gasteiger partial charge in [-0.1, -0.05) is 51.8 Å². The fourth-order valence-electron chi connectivity index (χ4n) is 2.76. The number of hydrogen-bond donors (Lipinski definition) is 3. The van der Waals surface area contributed by atoms with Crippen molar-refractivity contribution >= 4 is 23.7 Å². The minimum atomic E-state index is -0.517. The van der Waals surface area contributed by atoms with Crippen molar-refractivity contribution in [3.8, 4) is 0 Å². The van der Waals surface area contributed by atoms with Crippen LogP contribution in [0, 0.1) is 0 Å². The number of aromatic nitrogens is 3. The second-order valence-electron chi connectivity index (χ2n) is 7.48. The van der Waals surface area contributed by atoms with Crippen LogP contribution in [0.4, 0.5) is 4.79 Å². The van der Waals surface area contributed by atoms with Crippen LogP contribution in [0.3, 0.4) is 0 Å². The molecule has 1 heterocycles. The summed E-state index contributed by atoms with van der Waals surface area (Å²) in [5.41, 5.74) is -0.244. The molecule has 2 rings (SSSR count). The minimum absolute atomic E-state index is 0.158. The second kappa shape index (κ2) is 8.07. The lowest BCUT2D eigenvalue weighted by Gasteiger charge is -2.23. The zero-order valence-electron chi connectivity index (χ0n) is 15.3. The van der Waals surface area contributed by atoms with E-state index in [1.165, 1.54) is 22.9 Å². The minimum Gasteiger partial charge on any atom is -0.336 e. The molecule has 0 radical (unpaired) electrons. The summed E-state index contributed by atoms with van der Waals surface area (Å²) >= 11 is 1.18. The second-order valence-corrected chi connectivity index (χ2v) is 8.79. The van der Waals surface area contributed by atoms with Crippen LogP contribution < -0.4 is 16.5 Å². The number of thioether (sulfide) groups is 1. The van der Waals surface area contributed by atoms with E-state index in [1.54, 1.807) is 6.92 Å². The van der Waals surface area contributed by atoms with E-state index in [0.717, 1.165) is 25.7 Å². The van der Waals surface area contributed by atoms with Gasteiger partial charge in [-0.3, -0.25) is 10.1 Å². The van der Waals surface area contributed by atoms with Crippen molar-refractivity contribution in [3.05, 3.63) is 5.82 Å². The van der Waals surface area contributed by atoms with Crippen LogP contribution >= 0.6 is 11.8 Å². The molecule has 4 N–H and O–H groups in total. The van der Waals surface area contributed by atoms with Gasteiger partial charge in [0.2, 0.25) is 11.1 Å². The van der Waals surface area contributed by atoms with Crippen LogP contribution in [0.25, 0.3) is 0 Å². The van der Waals surface area contributed by atoms with Gasteiger partial charge in [-0.05, 0) is 19.8 Å². The lowest BCUT2D eigenvalue weighted by Crippen LogP contribution is -2.47. The van der Waals surface area contributed by atoms with Crippen LogP contribution in [-0.2, 0) is 10.2 Å². The molecule has 3 amide bonds. The molecule has 1 aromatic rings. The first-order chi connectivity index (χ1) is 11.7. The van der Waals surface area contributed by atoms with Gasteiger partial charge in [0.1, 0.15) is 0 Å². The summed E-state index contributed by atoms with van der Waals surface area (Å²) in [6, 6.07) is -0.278. The Hall–Kier alpha value is -1.77. The Bertz CT molecular complexity index is 619. The van der Waals surface area contributed by atoms with Crippen molar-refractivity contribution in [3.63, 3.8) is 0 Å². The largest absolute Gasteiger partial charge is 0.336 e. The van der Waals surface area contributed by atoms with E-state index in [1.807, 2.05) is 20.8 Å². The Labute approximate surface area is 152 Å². The van der Waals surface area contributed by atoms with Gasteiger partial charge >= 0.3 is 6.03 Å². The Balaban J connectivity index is 1.87. The summed E-state index contributed by atoms with van der Waals surface area (Å²) < 4.78 is 1.40. The Morgan fingerprint density at radius 1 is 1.24 bits per heavy atom. The van der Waals surface area contributed by atoms with E-state index in [-0.39, 0.29) is 17.4 Å². The van der Waals surface area contributed by atoms with Crippen LogP contribution in [0.1, 0.15) is 65.6 Å². The van der Waals surface area contributed by atoms with E-state index in [0.29, 0.717) is 11.0 Å². The normalized spacial score (nSPS) is 17.1. The van der Waals surface area contributed by atoms with Crippen molar-refractivity contribution in [2.75, 3.05) is 5.84 Å². The van der Waals surface area contributed by atoms with Crippen molar-refractivity contribution in [1.82, 2.24) is 25.5 Å². The third-order valence-corrected chi connectivity index (χ3v) is 5.22. The SMILES string of the molecule is C[C@H](Sc1nnc(C(C)(C)C)n1N)C(=O)NC(=O)NC1CCCCC1. The molecule has 0 bridgehead atoms. The third kappa shape index (κ3) is 5.35. The molecule has 140 valence electrons. The van der Waals surface area contributed by atoms with Gasteiger partial charge in [0, 0.05) is 11.5 Å². The van der Waals surface area contributed by atoms with Gasteiger partial charge < -0.3 is 11.2 Å². The molecule has 25 heavy (non-hydrogen) atoms. The molecule has 1 aliphatic rings. The zero-order chi connectivity index (χ0) is 18.6. The molecule has 0 spiro atoms. The van der Waals surface area contributed by atoms with Crippen molar-refractivity contribution in [2.24, 2.45) is 0 Å². The number of amides is 3. The molecule has 0 unspecified atom stereocenters. The Morgan fingerprint density at radius 3 is 2.44 bits per heavy atom. The molecule has 1 aliphatic carbocycles. The fraction of sp³-hybridized carbons (Fsp3) is 0.750. The number of carbonyl (C=O) groups is 2. The van der Waals surface area contributed by atoms with Gasteiger partial charge in [0.15, 0.2) is 5.82 Å². The fourth-order valence-corrected chi connectivity index (χ4v) is 3.53. The molecule has 0 saturated heterocycles. The third-order valence-electron chi connectivity index (χ3n) is 4.16. The van der Waals surface area contributed by atoms with Crippen LogP contribution in [-0.4, -0.2) is 38.1 Å². The molecule has 0 aromatic carbocycles. The standard InChI is InChI=1S/C16H28N6O2S/c1-10(25-15-21-20-13(22(15)17)16(2,3)4)12(23)19-14(24)18-11-8-6-5-7-9-11/h10-11H,5-9,17H2,1-4H3,(H2,18,19,23,24)/t10-/m0/s1. The average molecular weight is 369 g/mol. The molecule has 0 aliphatic heterocycles. The number of carbonyl (C=O) groups excluding carboxylic acids is 2. The molecule has 8 nitrogen and oxygen atoms in total. The van der Waals surface area contributed by atoms with Gasteiger partial charge in [-0.25, -0.2) is 9.47 Å². The number of hydrogen-bond acceptors (Lipinski definition) is 6. The first kappa shape index (κ1) is 19.6. The van der Waals surface area contributed by atoms with Crippen molar-refractivity contribution in [2.45, 2.75) is 81.7 Å². The lowest BCUT2D eigenvalue weighted by molar-refractivity contribution is -0.119. The monoisotopic (exact) mass is 368 g/mol. The maximum Gasteiger partial charge on any atom is 0.321 e. The summed E-state index contributed by atoms with van der Waals surface area (Å²) in [5, 5.41) is 13.3. The average Bonchev–Trinajstić information content (AvgIpc) is 2.89.